The van der Waals surface area contributed by atoms with E-state index < -0.39 is 12.9 Å². The Morgan fingerprint density at radius 3 is 3.00 bits per heavy atom. The molecule has 3 heteroatoms. The second-order valence-electron chi connectivity index (χ2n) is 3.53. The molecule has 1 aromatic carbocycles. The van der Waals surface area contributed by atoms with Gasteiger partial charge in [-0.15, -0.1) is 0 Å². The van der Waals surface area contributed by atoms with Crippen molar-refractivity contribution in [3.05, 3.63) is 30.0 Å². The van der Waals surface area contributed by atoms with Crippen molar-refractivity contribution in [2.24, 2.45) is 0 Å². The Bertz CT molecular complexity index is 607. The summed E-state index contributed by atoms with van der Waals surface area (Å²) in [5.74, 6) is -0.0628. The van der Waals surface area contributed by atoms with Crippen LogP contribution in [0.4, 0.5) is 0 Å². The number of likely N-dealkylation sites (N-methyl/N-ethyl adjacent to an activating group) is 1. The molecule has 3 nitrogen and oxygen atoms in total. The normalized spacial score (nSPS) is 17.3. The summed E-state index contributed by atoms with van der Waals surface area (Å²) in [5.41, 5.74) is 0.688. The molecule has 0 saturated heterocycles. The van der Waals surface area contributed by atoms with E-state index in [1.807, 2.05) is 0 Å². The van der Waals surface area contributed by atoms with Crippen molar-refractivity contribution in [3.63, 3.8) is 0 Å². The van der Waals surface area contributed by atoms with E-state index in [0.29, 0.717) is 10.9 Å². The zero-order valence-corrected chi connectivity index (χ0v) is 8.70. The molecule has 0 saturated carbocycles. The summed E-state index contributed by atoms with van der Waals surface area (Å²) in [5, 5.41) is 10.2. The number of nitrogens with one attached hydrogen (secondary N) is 1. The van der Waals surface area contributed by atoms with Gasteiger partial charge >= 0.3 is 0 Å². The molecule has 0 aliphatic carbocycles. The second kappa shape index (κ2) is 3.95. The van der Waals surface area contributed by atoms with Crippen molar-refractivity contribution < 1.29 is 10.6 Å². The lowest BCUT2D eigenvalue weighted by atomic mass is 10.1. The Labute approximate surface area is 95.0 Å². The molecule has 2 N–H and O–H groups in total. The van der Waals surface area contributed by atoms with Crippen LogP contribution in [0.1, 0.15) is 11.0 Å². The van der Waals surface area contributed by atoms with Crippen molar-refractivity contribution in [2.45, 2.75) is 6.37 Å². The number of aromatic amines is 1. The summed E-state index contributed by atoms with van der Waals surface area (Å²) >= 11 is 0. The molecule has 0 bridgehead atoms. The zero-order chi connectivity index (χ0) is 14.4. The number of benzene rings is 1. The molecule has 0 fully saturated rings. The van der Waals surface area contributed by atoms with E-state index in [-0.39, 0.29) is 11.3 Å². The molecule has 0 aliphatic heterocycles. The van der Waals surface area contributed by atoms with E-state index in [9.17, 15) is 5.11 Å². The lowest BCUT2D eigenvalue weighted by molar-refractivity contribution is 0.414. The molecule has 0 aliphatic rings. The molecule has 0 atom stereocenters. The summed E-state index contributed by atoms with van der Waals surface area (Å²) < 4.78 is 32.1. The van der Waals surface area contributed by atoms with Gasteiger partial charge in [0, 0.05) is 29.1 Å². The lowest BCUT2D eigenvalue weighted by Gasteiger charge is -2.08. The monoisotopic (exact) mass is 208 g/mol. The third-order valence-electron chi connectivity index (χ3n) is 2.10. The number of fused-ring (bicyclic) bond motifs is 1. The van der Waals surface area contributed by atoms with Gasteiger partial charge in [-0.25, -0.2) is 0 Å². The smallest absolute Gasteiger partial charge is 0.125 e. The number of phenols is 1. The largest absolute Gasteiger partial charge is 0.507 e. The molecule has 0 radical (unpaired) electrons. The van der Waals surface area contributed by atoms with Gasteiger partial charge in [-0.1, -0.05) is 6.07 Å². The van der Waals surface area contributed by atoms with Crippen molar-refractivity contribution in [2.75, 3.05) is 20.6 Å². The van der Waals surface area contributed by atoms with E-state index in [1.54, 1.807) is 12.1 Å². The first kappa shape index (κ1) is 6.18. The minimum absolute atomic E-state index is 0.0628. The SMILES string of the molecule is [2H]C([2H])(c1c[nH]c2cccc(O)c12)C([2H])([2H])N(C)C. The molecule has 80 valence electrons. The van der Waals surface area contributed by atoms with Gasteiger partial charge in [0.15, 0.2) is 0 Å². The minimum atomic E-state index is -2.27. The number of aromatic hydroxyl groups is 1. The topological polar surface area (TPSA) is 39.3 Å². The Morgan fingerprint density at radius 1 is 1.47 bits per heavy atom. The van der Waals surface area contributed by atoms with Crippen LogP contribution in [0.15, 0.2) is 24.4 Å². The number of rotatable bonds is 3. The fourth-order valence-electron chi connectivity index (χ4n) is 1.44. The molecule has 15 heavy (non-hydrogen) atoms. The fourth-order valence-corrected chi connectivity index (χ4v) is 1.44. The van der Waals surface area contributed by atoms with E-state index in [1.165, 1.54) is 31.3 Å². The summed E-state index contributed by atoms with van der Waals surface area (Å²) in [6.07, 6.45) is -0.862. The van der Waals surface area contributed by atoms with Crippen LogP contribution in [0.2, 0.25) is 0 Å². The van der Waals surface area contributed by atoms with Crippen LogP contribution >= 0.6 is 0 Å². The average molecular weight is 208 g/mol. The van der Waals surface area contributed by atoms with Gasteiger partial charge in [0.05, 0.1) is 0 Å². The minimum Gasteiger partial charge on any atom is -0.507 e. The standard InChI is InChI=1S/C12H16N2O/c1-14(2)7-6-9-8-13-10-4-3-5-11(15)12(9)10/h3-5,8,13,15H,6-7H2,1-2H3/i6D2,7D2. The maximum Gasteiger partial charge on any atom is 0.125 e. The van der Waals surface area contributed by atoms with Crippen LogP contribution in [0.3, 0.4) is 0 Å². The van der Waals surface area contributed by atoms with E-state index in [0.717, 1.165) is 0 Å². The maximum atomic E-state index is 9.89. The molecule has 2 aromatic rings. The van der Waals surface area contributed by atoms with Crippen LogP contribution in [-0.2, 0) is 6.37 Å². The Morgan fingerprint density at radius 2 is 2.27 bits per heavy atom. The Balaban J connectivity index is 2.68. The first-order valence-corrected chi connectivity index (χ1v) is 4.66. The van der Waals surface area contributed by atoms with Crippen molar-refractivity contribution in [1.82, 2.24) is 9.88 Å². The van der Waals surface area contributed by atoms with E-state index in [4.69, 9.17) is 5.48 Å². The summed E-state index contributed by atoms with van der Waals surface area (Å²) in [6.45, 7) is -2.20. The van der Waals surface area contributed by atoms with Crippen LogP contribution in [-0.4, -0.2) is 35.6 Å². The Hall–Kier alpha value is -1.48. The second-order valence-corrected chi connectivity index (χ2v) is 3.53. The average Bonchev–Trinajstić information content (AvgIpc) is 2.74. The van der Waals surface area contributed by atoms with Gasteiger partial charge in [-0.05, 0) is 38.2 Å². The van der Waals surface area contributed by atoms with Gasteiger partial charge in [0.2, 0.25) is 0 Å². The number of aromatic nitrogens is 1. The predicted octanol–water partition coefficient (Wildman–Crippen LogP) is 1.98. The van der Waals surface area contributed by atoms with Gasteiger partial charge in [-0.2, -0.15) is 0 Å². The molecule has 0 unspecified atom stereocenters. The summed E-state index contributed by atoms with van der Waals surface area (Å²) in [6, 6.07) is 4.81. The third kappa shape index (κ3) is 1.97. The highest BCUT2D eigenvalue weighted by Crippen LogP contribution is 2.27. The number of H-pyrrole nitrogens is 1. The first-order chi connectivity index (χ1) is 8.69. The number of hydrogen-bond acceptors (Lipinski definition) is 2. The molecule has 2 rings (SSSR count). The van der Waals surface area contributed by atoms with Crippen LogP contribution < -0.4 is 0 Å². The highest BCUT2D eigenvalue weighted by molar-refractivity contribution is 5.88. The maximum absolute atomic E-state index is 9.89. The lowest BCUT2D eigenvalue weighted by Crippen LogP contribution is -2.14. The quantitative estimate of drug-likeness (QED) is 0.809. The highest BCUT2D eigenvalue weighted by atomic mass is 16.3. The van der Waals surface area contributed by atoms with Gasteiger partial charge < -0.3 is 15.0 Å². The van der Waals surface area contributed by atoms with Crippen molar-refractivity contribution in [1.29, 1.82) is 0 Å². The number of phenolic OH excluding ortho intramolecular Hbond substituents is 1. The molecular weight excluding hydrogens is 188 g/mol. The Kier molecular flexibility index (Phi) is 1.63. The van der Waals surface area contributed by atoms with Gasteiger partial charge in [0.25, 0.3) is 0 Å². The zero-order valence-electron chi connectivity index (χ0n) is 12.7. The molecule has 0 spiro atoms. The van der Waals surface area contributed by atoms with Crippen molar-refractivity contribution in [3.8, 4) is 5.75 Å². The highest BCUT2D eigenvalue weighted by Gasteiger charge is 2.07. The predicted molar refractivity (Wildman–Crippen MR) is 62.2 cm³/mol. The molecular formula is C12H16N2O. The number of hydrogen-bond donors (Lipinski definition) is 2. The van der Waals surface area contributed by atoms with Crippen LogP contribution in [0.5, 0.6) is 5.75 Å². The summed E-state index contributed by atoms with van der Waals surface area (Å²) in [4.78, 5) is 4.05. The molecule has 1 aromatic heterocycles. The van der Waals surface area contributed by atoms with Crippen LogP contribution in [0.25, 0.3) is 10.9 Å². The van der Waals surface area contributed by atoms with Gasteiger partial charge in [-0.3, -0.25) is 0 Å². The number of nitrogens with zero attached hydrogens (tertiary/aromatic N) is 1. The third-order valence-corrected chi connectivity index (χ3v) is 2.10. The van der Waals surface area contributed by atoms with Crippen molar-refractivity contribution >= 4 is 10.9 Å². The number of aryl methyl sites for hydroxylation is 1. The van der Waals surface area contributed by atoms with Crippen LogP contribution in [0, 0.1) is 0 Å². The van der Waals surface area contributed by atoms with E-state index in [2.05, 4.69) is 4.98 Å². The molecule has 0 amide bonds. The fraction of sp³-hybridized carbons (Fsp3) is 0.333. The molecule has 1 heterocycles. The first-order valence-electron chi connectivity index (χ1n) is 6.66. The van der Waals surface area contributed by atoms with E-state index >= 15 is 0 Å². The summed E-state index contributed by atoms with van der Waals surface area (Å²) in [7, 11) is 2.96. The van der Waals surface area contributed by atoms with Gasteiger partial charge in [0.1, 0.15) is 5.75 Å².